The van der Waals surface area contributed by atoms with Crippen molar-refractivity contribution in [3.05, 3.63) is 28.2 Å². The molecule has 0 saturated heterocycles. The number of nitrogens with one attached hydrogen (secondary N) is 1. The Hall–Kier alpha value is -0.480. The second-order valence-corrected chi connectivity index (χ2v) is 4.19. The van der Waals surface area contributed by atoms with Crippen molar-refractivity contribution >= 4 is 23.2 Å². The van der Waals surface area contributed by atoms with Gasteiger partial charge in [0.2, 0.25) is 0 Å². The normalized spacial score (nSPS) is 10.5. The molecule has 1 aromatic carbocycles. The lowest BCUT2D eigenvalue weighted by atomic mass is 10.3. The van der Waals surface area contributed by atoms with Crippen molar-refractivity contribution in [2.45, 2.75) is 6.92 Å². The molecule has 17 heavy (non-hydrogen) atoms. The van der Waals surface area contributed by atoms with E-state index in [4.69, 9.17) is 32.7 Å². The molecule has 1 N–H and O–H groups in total. The van der Waals surface area contributed by atoms with Crippen LogP contribution >= 0.6 is 23.2 Å². The van der Waals surface area contributed by atoms with E-state index in [1.165, 1.54) is 0 Å². The molecule has 0 heterocycles. The van der Waals surface area contributed by atoms with Gasteiger partial charge in [-0.1, -0.05) is 23.2 Å². The first-order chi connectivity index (χ1) is 8.24. The van der Waals surface area contributed by atoms with Crippen molar-refractivity contribution in [2.75, 3.05) is 32.9 Å². The molecule has 0 bridgehead atoms. The average Bonchev–Trinajstić information content (AvgIpc) is 2.32. The van der Waals surface area contributed by atoms with Gasteiger partial charge in [0.25, 0.3) is 0 Å². The van der Waals surface area contributed by atoms with Crippen LogP contribution in [0.1, 0.15) is 6.92 Å². The molecule has 0 aliphatic rings. The first-order valence-electron chi connectivity index (χ1n) is 5.60. The van der Waals surface area contributed by atoms with Gasteiger partial charge < -0.3 is 14.8 Å². The molecular weight excluding hydrogens is 261 g/mol. The molecule has 3 nitrogen and oxygen atoms in total. The van der Waals surface area contributed by atoms with Gasteiger partial charge in [-0.05, 0) is 19.1 Å². The third-order valence-electron chi connectivity index (χ3n) is 2.07. The van der Waals surface area contributed by atoms with Crippen LogP contribution in [0.25, 0.3) is 0 Å². The molecule has 5 heteroatoms. The SMILES string of the molecule is CCOCCNCCOc1ccc(Cl)c(Cl)c1. The molecule has 1 rings (SSSR count). The Kier molecular flexibility index (Phi) is 7.37. The van der Waals surface area contributed by atoms with Gasteiger partial charge in [-0.2, -0.15) is 0 Å². The van der Waals surface area contributed by atoms with Crippen LogP contribution in [0.3, 0.4) is 0 Å². The minimum absolute atomic E-state index is 0.508. The molecule has 0 aliphatic carbocycles. The highest BCUT2D eigenvalue weighted by Crippen LogP contribution is 2.26. The zero-order chi connectivity index (χ0) is 12.5. The van der Waals surface area contributed by atoms with Gasteiger partial charge in [0.15, 0.2) is 0 Å². The Morgan fingerprint density at radius 1 is 1.12 bits per heavy atom. The molecule has 0 saturated carbocycles. The number of benzene rings is 1. The zero-order valence-corrected chi connectivity index (χ0v) is 11.4. The second kappa shape index (κ2) is 8.59. The molecule has 0 radical (unpaired) electrons. The van der Waals surface area contributed by atoms with Crippen molar-refractivity contribution in [3.63, 3.8) is 0 Å². The molecular formula is C12H17Cl2NO2. The molecule has 0 aliphatic heterocycles. The quantitative estimate of drug-likeness (QED) is 0.741. The van der Waals surface area contributed by atoms with Crippen LogP contribution in [0.4, 0.5) is 0 Å². The van der Waals surface area contributed by atoms with E-state index in [2.05, 4.69) is 5.32 Å². The maximum atomic E-state index is 5.87. The lowest BCUT2D eigenvalue weighted by molar-refractivity contribution is 0.148. The van der Waals surface area contributed by atoms with E-state index in [1.807, 2.05) is 6.92 Å². The van der Waals surface area contributed by atoms with Gasteiger partial charge in [-0.15, -0.1) is 0 Å². The molecule has 0 atom stereocenters. The smallest absolute Gasteiger partial charge is 0.120 e. The van der Waals surface area contributed by atoms with Crippen LogP contribution in [0, 0.1) is 0 Å². The first-order valence-corrected chi connectivity index (χ1v) is 6.36. The molecule has 0 spiro atoms. The highest BCUT2D eigenvalue weighted by atomic mass is 35.5. The summed E-state index contributed by atoms with van der Waals surface area (Å²) in [6.45, 7) is 5.65. The summed E-state index contributed by atoms with van der Waals surface area (Å²) in [6.07, 6.45) is 0. The van der Waals surface area contributed by atoms with E-state index >= 15 is 0 Å². The van der Waals surface area contributed by atoms with Crippen LogP contribution in [-0.2, 0) is 4.74 Å². The molecule has 96 valence electrons. The summed E-state index contributed by atoms with van der Waals surface area (Å²) < 4.78 is 10.7. The van der Waals surface area contributed by atoms with Crippen molar-refractivity contribution in [1.82, 2.24) is 5.32 Å². The second-order valence-electron chi connectivity index (χ2n) is 3.37. The van der Waals surface area contributed by atoms with E-state index < -0.39 is 0 Å². The minimum atomic E-state index is 0.508. The summed E-state index contributed by atoms with van der Waals surface area (Å²) in [5, 5.41) is 4.25. The van der Waals surface area contributed by atoms with E-state index in [0.717, 1.165) is 32.1 Å². The van der Waals surface area contributed by atoms with Crippen molar-refractivity contribution < 1.29 is 9.47 Å². The first kappa shape index (κ1) is 14.6. The molecule has 0 unspecified atom stereocenters. The minimum Gasteiger partial charge on any atom is -0.492 e. The Labute approximate surface area is 112 Å². The maximum absolute atomic E-state index is 5.87. The third kappa shape index (κ3) is 6.13. The topological polar surface area (TPSA) is 30.5 Å². The number of hydrogen-bond donors (Lipinski definition) is 1. The molecule has 0 amide bonds. The average molecular weight is 278 g/mol. The summed E-state index contributed by atoms with van der Waals surface area (Å²) >= 11 is 11.7. The fraction of sp³-hybridized carbons (Fsp3) is 0.500. The number of hydrogen-bond acceptors (Lipinski definition) is 3. The van der Waals surface area contributed by atoms with Crippen LogP contribution in [0.2, 0.25) is 10.0 Å². The standard InChI is InChI=1S/C12H17Cl2NO2/c1-2-16-7-5-15-6-8-17-10-3-4-11(13)12(14)9-10/h3-4,9,15H,2,5-8H2,1H3. The van der Waals surface area contributed by atoms with Gasteiger partial charge in [-0.3, -0.25) is 0 Å². The van der Waals surface area contributed by atoms with Gasteiger partial charge in [-0.25, -0.2) is 0 Å². The van der Waals surface area contributed by atoms with Crippen molar-refractivity contribution in [3.8, 4) is 5.75 Å². The lowest BCUT2D eigenvalue weighted by Crippen LogP contribution is -2.24. The van der Waals surface area contributed by atoms with E-state index in [1.54, 1.807) is 18.2 Å². The van der Waals surface area contributed by atoms with Crippen LogP contribution in [0.15, 0.2) is 18.2 Å². The van der Waals surface area contributed by atoms with Crippen LogP contribution < -0.4 is 10.1 Å². The predicted molar refractivity (Wildman–Crippen MR) is 71.3 cm³/mol. The maximum Gasteiger partial charge on any atom is 0.120 e. The van der Waals surface area contributed by atoms with E-state index in [0.29, 0.717) is 16.7 Å². The molecule has 0 fully saturated rings. The van der Waals surface area contributed by atoms with Gasteiger partial charge in [0, 0.05) is 25.8 Å². The van der Waals surface area contributed by atoms with Gasteiger partial charge in [0.05, 0.1) is 16.7 Å². The summed E-state index contributed by atoms with van der Waals surface area (Å²) in [6, 6.07) is 5.24. The van der Waals surface area contributed by atoms with Gasteiger partial charge in [0.1, 0.15) is 12.4 Å². The Morgan fingerprint density at radius 2 is 1.88 bits per heavy atom. The highest BCUT2D eigenvalue weighted by molar-refractivity contribution is 6.42. The fourth-order valence-electron chi connectivity index (χ4n) is 1.22. The van der Waals surface area contributed by atoms with Crippen LogP contribution in [0.5, 0.6) is 5.75 Å². The zero-order valence-electron chi connectivity index (χ0n) is 9.84. The fourth-order valence-corrected chi connectivity index (χ4v) is 1.51. The summed E-state index contributed by atoms with van der Waals surface area (Å²) in [7, 11) is 0. The predicted octanol–water partition coefficient (Wildman–Crippen LogP) is 3.00. The Bertz CT molecular complexity index is 334. The molecule has 0 aromatic heterocycles. The largest absolute Gasteiger partial charge is 0.492 e. The molecule has 1 aromatic rings. The Balaban J connectivity index is 2.11. The van der Waals surface area contributed by atoms with Crippen molar-refractivity contribution in [1.29, 1.82) is 0 Å². The monoisotopic (exact) mass is 277 g/mol. The van der Waals surface area contributed by atoms with Crippen molar-refractivity contribution in [2.24, 2.45) is 0 Å². The summed E-state index contributed by atoms with van der Waals surface area (Å²) in [5.41, 5.74) is 0. The van der Waals surface area contributed by atoms with E-state index in [-0.39, 0.29) is 0 Å². The van der Waals surface area contributed by atoms with E-state index in [9.17, 15) is 0 Å². The Morgan fingerprint density at radius 3 is 2.59 bits per heavy atom. The third-order valence-corrected chi connectivity index (χ3v) is 2.80. The summed E-state index contributed by atoms with van der Waals surface area (Å²) in [5.74, 6) is 0.728. The highest BCUT2D eigenvalue weighted by Gasteiger charge is 1.99. The number of ether oxygens (including phenoxy) is 2. The number of rotatable bonds is 8. The number of halogens is 2. The lowest BCUT2D eigenvalue weighted by Gasteiger charge is -2.08. The summed E-state index contributed by atoms with van der Waals surface area (Å²) in [4.78, 5) is 0. The van der Waals surface area contributed by atoms with Gasteiger partial charge >= 0.3 is 0 Å². The van der Waals surface area contributed by atoms with Crippen LogP contribution in [-0.4, -0.2) is 32.9 Å².